The molecule has 0 bridgehead atoms. The lowest BCUT2D eigenvalue weighted by Gasteiger charge is -2.21. The fraction of sp³-hybridized carbons (Fsp3) is 0.647. The molecule has 0 amide bonds. The summed E-state index contributed by atoms with van der Waals surface area (Å²) in [5, 5.41) is 3.64. The molecule has 1 aromatic carbocycles. The van der Waals surface area contributed by atoms with E-state index in [9.17, 15) is 0 Å². The Morgan fingerprint density at radius 2 is 1.95 bits per heavy atom. The van der Waals surface area contributed by atoms with Crippen molar-refractivity contribution in [2.45, 2.75) is 50.8 Å². The molecule has 1 aromatic rings. The van der Waals surface area contributed by atoms with E-state index < -0.39 is 0 Å². The van der Waals surface area contributed by atoms with Crippen LogP contribution in [0, 0.1) is 19.8 Å². The van der Waals surface area contributed by atoms with Crippen LogP contribution in [0.1, 0.15) is 43.2 Å². The summed E-state index contributed by atoms with van der Waals surface area (Å²) in [4.78, 5) is 1.44. The van der Waals surface area contributed by atoms with Crippen molar-refractivity contribution in [1.82, 2.24) is 5.32 Å². The Hall–Kier alpha value is -0.470. The molecule has 1 aliphatic carbocycles. The molecule has 0 saturated heterocycles. The first kappa shape index (κ1) is 14.9. The summed E-state index contributed by atoms with van der Waals surface area (Å²) in [6, 6.07) is 6.75. The minimum Gasteiger partial charge on any atom is -0.316 e. The molecular formula is C17H27NS. The van der Waals surface area contributed by atoms with Gasteiger partial charge in [-0.1, -0.05) is 37.0 Å². The van der Waals surface area contributed by atoms with E-state index in [1.807, 2.05) is 11.8 Å². The quantitative estimate of drug-likeness (QED) is 0.604. The fourth-order valence-corrected chi connectivity index (χ4v) is 3.81. The van der Waals surface area contributed by atoms with Gasteiger partial charge in [0.15, 0.2) is 0 Å². The summed E-state index contributed by atoms with van der Waals surface area (Å²) >= 11 is 1.98. The van der Waals surface area contributed by atoms with Gasteiger partial charge in [-0.05, 0) is 50.8 Å². The molecule has 0 unspecified atom stereocenters. The average Bonchev–Trinajstić information content (AvgIpc) is 2.42. The Labute approximate surface area is 122 Å². The van der Waals surface area contributed by atoms with Gasteiger partial charge in [0.05, 0.1) is 0 Å². The highest BCUT2D eigenvalue weighted by Gasteiger charge is 2.12. The van der Waals surface area contributed by atoms with Crippen molar-refractivity contribution in [1.29, 1.82) is 0 Å². The zero-order chi connectivity index (χ0) is 13.5. The SMILES string of the molecule is Cc1ccc(SCCNCC2CCCCC2)c(C)c1. The van der Waals surface area contributed by atoms with Crippen LogP contribution in [-0.4, -0.2) is 18.8 Å². The number of hydrogen-bond donors (Lipinski definition) is 1. The molecule has 1 nitrogen and oxygen atoms in total. The van der Waals surface area contributed by atoms with Gasteiger partial charge < -0.3 is 5.32 Å². The van der Waals surface area contributed by atoms with Gasteiger partial charge in [-0.2, -0.15) is 0 Å². The Morgan fingerprint density at radius 3 is 2.68 bits per heavy atom. The predicted octanol–water partition coefficient (Wildman–Crippen LogP) is 4.57. The van der Waals surface area contributed by atoms with Gasteiger partial charge in [0.2, 0.25) is 0 Å². The van der Waals surface area contributed by atoms with E-state index in [0.29, 0.717) is 0 Å². The molecule has 2 rings (SSSR count). The molecule has 106 valence electrons. The predicted molar refractivity (Wildman–Crippen MR) is 86.1 cm³/mol. The van der Waals surface area contributed by atoms with E-state index in [0.717, 1.165) is 12.5 Å². The molecule has 1 N–H and O–H groups in total. The largest absolute Gasteiger partial charge is 0.316 e. The maximum atomic E-state index is 3.64. The summed E-state index contributed by atoms with van der Waals surface area (Å²) < 4.78 is 0. The minimum atomic E-state index is 0.944. The van der Waals surface area contributed by atoms with E-state index in [1.165, 1.54) is 60.4 Å². The van der Waals surface area contributed by atoms with Gasteiger partial charge in [0.25, 0.3) is 0 Å². The molecule has 0 aliphatic heterocycles. The lowest BCUT2D eigenvalue weighted by Crippen LogP contribution is -2.26. The molecule has 0 radical (unpaired) electrons. The molecule has 1 aliphatic rings. The maximum Gasteiger partial charge on any atom is 0.0106 e. The topological polar surface area (TPSA) is 12.0 Å². The van der Waals surface area contributed by atoms with Crippen LogP contribution >= 0.6 is 11.8 Å². The summed E-state index contributed by atoms with van der Waals surface area (Å²) in [5.74, 6) is 2.12. The average molecular weight is 277 g/mol. The zero-order valence-electron chi connectivity index (χ0n) is 12.4. The smallest absolute Gasteiger partial charge is 0.0106 e. The van der Waals surface area contributed by atoms with Gasteiger partial charge in [-0.15, -0.1) is 11.8 Å². The molecule has 1 saturated carbocycles. The Kier molecular flexibility index (Phi) is 6.25. The fourth-order valence-electron chi connectivity index (χ4n) is 2.89. The monoisotopic (exact) mass is 277 g/mol. The first-order chi connectivity index (χ1) is 9.25. The summed E-state index contributed by atoms with van der Waals surface area (Å²) in [5.41, 5.74) is 2.77. The zero-order valence-corrected chi connectivity index (χ0v) is 13.2. The van der Waals surface area contributed by atoms with E-state index in [-0.39, 0.29) is 0 Å². The van der Waals surface area contributed by atoms with Crippen molar-refractivity contribution in [3.63, 3.8) is 0 Å². The third kappa shape index (κ3) is 5.19. The van der Waals surface area contributed by atoms with Crippen LogP contribution in [-0.2, 0) is 0 Å². The van der Waals surface area contributed by atoms with Crippen LogP contribution in [0.15, 0.2) is 23.1 Å². The van der Waals surface area contributed by atoms with E-state index in [4.69, 9.17) is 0 Å². The number of rotatable bonds is 6. The molecular weight excluding hydrogens is 250 g/mol. The Balaban J connectivity index is 1.61. The van der Waals surface area contributed by atoms with Gasteiger partial charge in [-0.3, -0.25) is 0 Å². The summed E-state index contributed by atoms with van der Waals surface area (Å²) in [6.07, 6.45) is 7.24. The number of aryl methyl sites for hydroxylation is 2. The van der Waals surface area contributed by atoms with Crippen LogP contribution in [0.3, 0.4) is 0 Å². The second-order valence-corrected chi connectivity index (χ2v) is 6.96. The van der Waals surface area contributed by atoms with Crippen LogP contribution in [0.4, 0.5) is 0 Å². The van der Waals surface area contributed by atoms with Crippen LogP contribution in [0.25, 0.3) is 0 Å². The van der Waals surface area contributed by atoms with E-state index >= 15 is 0 Å². The number of nitrogens with one attached hydrogen (secondary N) is 1. The second kappa shape index (κ2) is 7.96. The third-order valence-corrected chi connectivity index (χ3v) is 5.20. The molecule has 0 spiro atoms. The van der Waals surface area contributed by atoms with Crippen molar-refractivity contribution in [2.24, 2.45) is 5.92 Å². The van der Waals surface area contributed by atoms with Crippen molar-refractivity contribution in [3.05, 3.63) is 29.3 Å². The maximum absolute atomic E-state index is 3.64. The van der Waals surface area contributed by atoms with E-state index in [2.05, 4.69) is 37.4 Å². The lowest BCUT2D eigenvalue weighted by molar-refractivity contribution is 0.345. The first-order valence-corrected chi connectivity index (χ1v) is 8.65. The highest BCUT2D eigenvalue weighted by atomic mass is 32.2. The van der Waals surface area contributed by atoms with Crippen molar-refractivity contribution in [3.8, 4) is 0 Å². The normalized spacial score (nSPS) is 16.7. The van der Waals surface area contributed by atoms with Gasteiger partial charge >= 0.3 is 0 Å². The number of hydrogen-bond acceptors (Lipinski definition) is 2. The minimum absolute atomic E-state index is 0.944. The Bertz CT molecular complexity index is 383. The summed E-state index contributed by atoms with van der Waals surface area (Å²) in [7, 11) is 0. The van der Waals surface area contributed by atoms with Crippen molar-refractivity contribution >= 4 is 11.8 Å². The van der Waals surface area contributed by atoms with Crippen molar-refractivity contribution in [2.75, 3.05) is 18.8 Å². The highest BCUT2D eigenvalue weighted by Crippen LogP contribution is 2.24. The first-order valence-electron chi connectivity index (χ1n) is 7.66. The van der Waals surface area contributed by atoms with Crippen LogP contribution in [0.2, 0.25) is 0 Å². The highest BCUT2D eigenvalue weighted by molar-refractivity contribution is 7.99. The lowest BCUT2D eigenvalue weighted by atomic mass is 9.89. The molecule has 19 heavy (non-hydrogen) atoms. The molecule has 1 fully saturated rings. The molecule has 0 heterocycles. The van der Waals surface area contributed by atoms with Crippen LogP contribution < -0.4 is 5.32 Å². The molecule has 2 heteroatoms. The summed E-state index contributed by atoms with van der Waals surface area (Å²) in [6.45, 7) is 6.74. The molecule has 0 aromatic heterocycles. The molecule has 0 atom stereocenters. The third-order valence-electron chi connectivity index (χ3n) is 4.02. The van der Waals surface area contributed by atoms with Gasteiger partial charge in [-0.25, -0.2) is 0 Å². The van der Waals surface area contributed by atoms with Gasteiger partial charge in [0.1, 0.15) is 0 Å². The second-order valence-electron chi connectivity index (χ2n) is 5.83. The van der Waals surface area contributed by atoms with Crippen LogP contribution in [0.5, 0.6) is 0 Å². The Morgan fingerprint density at radius 1 is 1.16 bits per heavy atom. The van der Waals surface area contributed by atoms with Gasteiger partial charge in [0, 0.05) is 17.2 Å². The number of thioether (sulfide) groups is 1. The number of benzene rings is 1. The van der Waals surface area contributed by atoms with Crippen molar-refractivity contribution < 1.29 is 0 Å². The van der Waals surface area contributed by atoms with E-state index in [1.54, 1.807) is 0 Å². The standard InChI is InChI=1S/C17H27NS/c1-14-8-9-17(15(2)12-14)19-11-10-18-13-16-6-4-3-5-7-16/h8-9,12,16,18H,3-7,10-11,13H2,1-2H3.